The Kier molecular flexibility index (Phi) is 3.46. The van der Waals surface area contributed by atoms with Gasteiger partial charge in [0, 0.05) is 13.1 Å². The largest absolute Gasteiger partial charge is 0.478 e. The second kappa shape index (κ2) is 5.03. The van der Waals surface area contributed by atoms with Crippen molar-refractivity contribution in [2.45, 2.75) is 19.9 Å². The lowest BCUT2D eigenvalue weighted by molar-refractivity contribution is 0.0694. The lowest BCUT2D eigenvalue weighted by atomic mass is 9.94. The molecular weight excluding hydrogens is 214 g/mol. The molecule has 1 aromatic carbocycles. The van der Waals surface area contributed by atoms with Crippen LogP contribution in [0, 0.1) is 11.8 Å². The highest BCUT2D eigenvalue weighted by Gasteiger charge is 2.20. The fourth-order valence-electron chi connectivity index (χ4n) is 2.19. The summed E-state index contributed by atoms with van der Waals surface area (Å²) in [5.41, 5.74) is 2.55. The van der Waals surface area contributed by atoms with Crippen molar-refractivity contribution in [3.8, 4) is 11.8 Å². The highest BCUT2D eigenvalue weighted by molar-refractivity contribution is 5.89. The average Bonchev–Trinajstić information content (AvgIpc) is 2.35. The Bertz CT molecular complexity index is 497. The van der Waals surface area contributed by atoms with Gasteiger partial charge in [-0.1, -0.05) is 18.1 Å². The molecule has 3 nitrogen and oxygen atoms in total. The summed E-state index contributed by atoms with van der Waals surface area (Å²) in [6, 6.07) is 5.51. The summed E-state index contributed by atoms with van der Waals surface area (Å²) in [6.07, 6.45) is 0.795. The zero-order valence-electron chi connectivity index (χ0n) is 9.86. The maximum Gasteiger partial charge on any atom is 0.335 e. The third kappa shape index (κ3) is 2.48. The van der Waals surface area contributed by atoms with Gasteiger partial charge in [0.1, 0.15) is 0 Å². The second-order valence-corrected chi connectivity index (χ2v) is 4.14. The van der Waals surface area contributed by atoms with Gasteiger partial charge >= 0.3 is 5.97 Å². The lowest BCUT2D eigenvalue weighted by Gasteiger charge is -2.27. The summed E-state index contributed by atoms with van der Waals surface area (Å²) in [5, 5.41) is 9.11. The zero-order chi connectivity index (χ0) is 12.3. The Labute approximate surface area is 101 Å². The van der Waals surface area contributed by atoms with Crippen LogP contribution in [0.15, 0.2) is 18.2 Å². The number of carboxylic acids is 1. The first-order valence-electron chi connectivity index (χ1n) is 5.68. The number of carbonyl (C=O) groups is 1. The zero-order valence-corrected chi connectivity index (χ0v) is 9.86. The fourth-order valence-corrected chi connectivity index (χ4v) is 2.19. The summed E-state index contributed by atoms with van der Waals surface area (Å²) in [5.74, 6) is 5.10. The number of nitrogens with zero attached hydrogens (tertiary/aromatic N) is 1. The summed E-state index contributed by atoms with van der Waals surface area (Å²) in [4.78, 5) is 13.3. The molecular formula is C14H15NO2. The van der Waals surface area contributed by atoms with Gasteiger partial charge in [0.25, 0.3) is 0 Å². The van der Waals surface area contributed by atoms with Crippen molar-refractivity contribution in [1.82, 2.24) is 4.90 Å². The molecule has 0 spiro atoms. The minimum Gasteiger partial charge on any atom is -0.478 e. The van der Waals surface area contributed by atoms with Crippen LogP contribution in [0.25, 0.3) is 0 Å². The highest BCUT2D eigenvalue weighted by Crippen LogP contribution is 2.22. The molecule has 1 aliphatic rings. The van der Waals surface area contributed by atoms with Crippen LogP contribution in [0.5, 0.6) is 0 Å². The Balaban J connectivity index is 2.24. The molecule has 0 unspecified atom stereocenters. The van der Waals surface area contributed by atoms with Gasteiger partial charge in [0.15, 0.2) is 0 Å². The molecule has 0 saturated heterocycles. The van der Waals surface area contributed by atoms with Gasteiger partial charge in [-0.2, -0.15) is 0 Å². The standard InChI is InChI=1S/C14H15NO2/c1-2-3-8-15-9-7-12-11(10-15)5-4-6-13(12)14(16)17/h4-6H,7-10H2,1H3,(H,16,17). The summed E-state index contributed by atoms with van der Waals surface area (Å²) in [7, 11) is 0. The predicted octanol–water partition coefficient (Wildman–Crippen LogP) is 1.77. The van der Waals surface area contributed by atoms with Crippen molar-refractivity contribution in [2.24, 2.45) is 0 Å². The van der Waals surface area contributed by atoms with Gasteiger partial charge in [-0.05, 0) is 30.5 Å². The fraction of sp³-hybridized carbons (Fsp3) is 0.357. The number of hydrogen-bond acceptors (Lipinski definition) is 2. The highest BCUT2D eigenvalue weighted by atomic mass is 16.4. The topological polar surface area (TPSA) is 40.5 Å². The summed E-state index contributed by atoms with van der Waals surface area (Å²) >= 11 is 0. The van der Waals surface area contributed by atoms with Crippen LogP contribution in [0.1, 0.15) is 28.4 Å². The molecule has 3 heteroatoms. The van der Waals surface area contributed by atoms with Crippen molar-refractivity contribution in [1.29, 1.82) is 0 Å². The van der Waals surface area contributed by atoms with E-state index in [1.54, 1.807) is 6.07 Å². The van der Waals surface area contributed by atoms with Crippen LogP contribution in [0.2, 0.25) is 0 Å². The molecule has 2 rings (SSSR count). The minimum atomic E-state index is -0.830. The van der Waals surface area contributed by atoms with Crippen molar-refractivity contribution in [2.75, 3.05) is 13.1 Å². The molecule has 1 N–H and O–H groups in total. The molecule has 0 amide bonds. The van der Waals surface area contributed by atoms with Crippen molar-refractivity contribution in [3.63, 3.8) is 0 Å². The number of benzene rings is 1. The summed E-state index contributed by atoms with van der Waals surface area (Å²) < 4.78 is 0. The van der Waals surface area contributed by atoms with Crippen LogP contribution in [-0.2, 0) is 13.0 Å². The maximum absolute atomic E-state index is 11.1. The molecule has 0 atom stereocenters. The lowest BCUT2D eigenvalue weighted by Crippen LogP contribution is -2.31. The van der Waals surface area contributed by atoms with E-state index in [1.807, 2.05) is 19.1 Å². The van der Waals surface area contributed by atoms with Gasteiger partial charge < -0.3 is 5.11 Å². The Morgan fingerprint density at radius 2 is 2.35 bits per heavy atom. The number of carboxylic acid groups (broad SMARTS) is 1. The van der Waals surface area contributed by atoms with E-state index < -0.39 is 5.97 Å². The van der Waals surface area contributed by atoms with E-state index in [0.29, 0.717) is 5.56 Å². The molecule has 0 radical (unpaired) electrons. The van der Waals surface area contributed by atoms with E-state index in [4.69, 9.17) is 5.11 Å². The Morgan fingerprint density at radius 1 is 1.53 bits per heavy atom. The number of hydrogen-bond donors (Lipinski definition) is 1. The van der Waals surface area contributed by atoms with E-state index in [1.165, 1.54) is 0 Å². The third-order valence-electron chi connectivity index (χ3n) is 3.05. The third-order valence-corrected chi connectivity index (χ3v) is 3.05. The van der Waals surface area contributed by atoms with Crippen LogP contribution < -0.4 is 0 Å². The summed E-state index contributed by atoms with van der Waals surface area (Å²) in [6.45, 7) is 4.27. The quantitative estimate of drug-likeness (QED) is 0.786. The normalized spacial score (nSPS) is 14.6. The van der Waals surface area contributed by atoms with E-state index >= 15 is 0 Å². The Hall–Kier alpha value is -1.79. The molecule has 1 aliphatic heterocycles. The van der Waals surface area contributed by atoms with Crippen molar-refractivity contribution >= 4 is 5.97 Å². The number of fused-ring (bicyclic) bond motifs is 1. The first-order valence-corrected chi connectivity index (χ1v) is 5.68. The molecule has 0 aliphatic carbocycles. The smallest absolute Gasteiger partial charge is 0.335 e. The molecule has 88 valence electrons. The second-order valence-electron chi connectivity index (χ2n) is 4.14. The molecule has 0 fully saturated rings. The van der Waals surface area contributed by atoms with Gasteiger partial charge in [-0.15, -0.1) is 5.92 Å². The average molecular weight is 229 g/mol. The Morgan fingerprint density at radius 3 is 3.06 bits per heavy atom. The van der Waals surface area contributed by atoms with Gasteiger partial charge in [0.2, 0.25) is 0 Å². The molecule has 0 saturated carbocycles. The SMILES string of the molecule is CC#CCN1CCc2c(cccc2C(=O)O)C1. The van der Waals surface area contributed by atoms with Crippen LogP contribution in [0.3, 0.4) is 0 Å². The number of rotatable bonds is 2. The van der Waals surface area contributed by atoms with Crippen molar-refractivity contribution < 1.29 is 9.90 Å². The molecule has 0 bridgehead atoms. The maximum atomic E-state index is 11.1. The first-order chi connectivity index (χ1) is 8.22. The monoisotopic (exact) mass is 229 g/mol. The van der Waals surface area contributed by atoms with Gasteiger partial charge in [-0.25, -0.2) is 4.79 Å². The van der Waals surface area contributed by atoms with Crippen molar-refractivity contribution in [3.05, 3.63) is 34.9 Å². The number of aromatic carboxylic acids is 1. The van der Waals surface area contributed by atoms with Crippen LogP contribution >= 0.6 is 0 Å². The predicted molar refractivity (Wildman–Crippen MR) is 65.8 cm³/mol. The molecule has 0 aromatic heterocycles. The van der Waals surface area contributed by atoms with E-state index in [9.17, 15) is 4.79 Å². The first kappa shape index (κ1) is 11.7. The minimum absolute atomic E-state index is 0.448. The van der Waals surface area contributed by atoms with Crippen LogP contribution in [0.4, 0.5) is 0 Å². The molecule has 17 heavy (non-hydrogen) atoms. The van der Waals surface area contributed by atoms with Gasteiger partial charge in [0.05, 0.1) is 12.1 Å². The van der Waals surface area contributed by atoms with Gasteiger partial charge in [-0.3, -0.25) is 4.90 Å². The van der Waals surface area contributed by atoms with E-state index in [0.717, 1.165) is 37.2 Å². The molecule has 1 aromatic rings. The van der Waals surface area contributed by atoms with Crippen LogP contribution in [-0.4, -0.2) is 29.1 Å². The molecule has 1 heterocycles. The van der Waals surface area contributed by atoms with E-state index in [2.05, 4.69) is 16.7 Å². The van der Waals surface area contributed by atoms with E-state index in [-0.39, 0.29) is 0 Å².